The van der Waals surface area contributed by atoms with Crippen LogP contribution in [-0.2, 0) is 9.53 Å². The Balaban J connectivity index is 1.35. The number of ether oxygens (including phenoxy) is 1. The number of fused-ring (bicyclic) bond motifs is 1. The third kappa shape index (κ3) is 4.21. The molecule has 1 N–H and O–H groups in total. The molecule has 0 aromatic heterocycles. The molecule has 0 radical (unpaired) electrons. The highest BCUT2D eigenvalue weighted by atomic mass is 16.5. The molecule has 1 fully saturated rings. The maximum absolute atomic E-state index is 12.6. The lowest BCUT2D eigenvalue weighted by Gasteiger charge is -2.29. The second kappa shape index (κ2) is 8.71. The van der Waals surface area contributed by atoms with Crippen molar-refractivity contribution >= 4 is 29.4 Å². The molecule has 1 aliphatic carbocycles. The molecule has 2 aromatic rings. The molecule has 160 valence electrons. The van der Waals surface area contributed by atoms with Crippen molar-refractivity contribution < 1.29 is 23.9 Å². The minimum atomic E-state index is -0.638. The molecule has 2 aliphatic rings. The van der Waals surface area contributed by atoms with E-state index in [-0.39, 0.29) is 24.1 Å². The lowest BCUT2D eigenvalue weighted by molar-refractivity contribution is -0.125. The highest BCUT2D eigenvalue weighted by Gasteiger charge is 2.36. The molecule has 31 heavy (non-hydrogen) atoms. The van der Waals surface area contributed by atoms with Crippen LogP contribution in [0.5, 0.6) is 0 Å². The number of amides is 3. The number of carbonyl (C=O) groups excluding carboxylic acids is 4. The Morgan fingerprint density at radius 2 is 1.58 bits per heavy atom. The van der Waals surface area contributed by atoms with Crippen LogP contribution in [-0.4, -0.2) is 36.3 Å². The zero-order chi connectivity index (χ0) is 22.0. The van der Waals surface area contributed by atoms with Gasteiger partial charge in [0.25, 0.3) is 17.7 Å². The number of benzene rings is 2. The summed E-state index contributed by atoms with van der Waals surface area (Å²) in [6.07, 6.45) is 4.30. The Morgan fingerprint density at radius 3 is 2.19 bits per heavy atom. The van der Waals surface area contributed by atoms with Crippen molar-refractivity contribution in [1.29, 1.82) is 0 Å². The summed E-state index contributed by atoms with van der Waals surface area (Å²) in [4.78, 5) is 50.6. The van der Waals surface area contributed by atoms with Gasteiger partial charge in [0.2, 0.25) is 0 Å². The van der Waals surface area contributed by atoms with Gasteiger partial charge >= 0.3 is 5.97 Å². The van der Waals surface area contributed by atoms with Crippen LogP contribution in [0.2, 0.25) is 0 Å². The van der Waals surface area contributed by atoms with Crippen LogP contribution in [0.4, 0.5) is 5.69 Å². The molecule has 1 aliphatic heterocycles. The van der Waals surface area contributed by atoms with E-state index in [4.69, 9.17) is 4.74 Å². The Labute approximate surface area is 180 Å². The van der Waals surface area contributed by atoms with E-state index in [1.807, 2.05) is 0 Å². The van der Waals surface area contributed by atoms with Crippen LogP contribution in [0.3, 0.4) is 0 Å². The highest BCUT2D eigenvalue weighted by Crippen LogP contribution is 2.28. The Bertz CT molecular complexity index is 996. The number of carbonyl (C=O) groups is 4. The summed E-state index contributed by atoms with van der Waals surface area (Å²) in [6.45, 7) is 1.77. The number of imide groups is 1. The van der Waals surface area contributed by atoms with E-state index >= 15 is 0 Å². The minimum Gasteiger partial charge on any atom is -0.452 e. The zero-order valence-corrected chi connectivity index (χ0v) is 17.3. The van der Waals surface area contributed by atoms with Crippen molar-refractivity contribution in [1.82, 2.24) is 5.32 Å². The van der Waals surface area contributed by atoms with Crippen LogP contribution in [0.15, 0.2) is 48.5 Å². The van der Waals surface area contributed by atoms with Gasteiger partial charge in [-0.15, -0.1) is 0 Å². The van der Waals surface area contributed by atoms with Crippen molar-refractivity contribution in [2.45, 2.75) is 38.6 Å². The lowest BCUT2D eigenvalue weighted by atomic mass is 9.86. The van der Waals surface area contributed by atoms with Gasteiger partial charge in [0.05, 0.1) is 22.4 Å². The Kier molecular flexibility index (Phi) is 5.84. The number of rotatable bonds is 5. The van der Waals surface area contributed by atoms with Crippen LogP contribution in [0, 0.1) is 5.92 Å². The van der Waals surface area contributed by atoms with Gasteiger partial charge < -0.3 is 10.1 Å². The average Bonchev–Trinajstić information content (AvgIpc) is 3.04. The third-order valence-corrected chi connectivity index (χ3v) is 5.95. The summed E-state index contributed by atoms with van der Waals surface area (Å²) in [5.74, 6) is -1.33. The van der Waals surface area contributed by atoms with Gasteiger partial charge in [-0.1, -0.05) is 31.9 Å². The SMILES string of the molecule is C[C@@H]1CCCC[C@@H]1NC(=O)COC(=O)c1ccc(N2C(=O)c3ccccc3C2=O)cc1. The molecular formula is C24H24N2O5. The van der Waals surface area contributed by atoms with Crippen molar-refractivity contribution in [3.8, 4) is 0 Å². The molecule has 3 amide bonds. The van der Waals surface area contributed by atoms with Crippen LogP contribution in [0.25, 0.3) is 0 Å². The van der Waals surface area contributed by atoms with Crippen molar-refractivity contribution in [3.63, 3.8) is 0 Å². The Morgan fingerprint density at radius 1 is 0.968 bits per heavy atom. The highest BCUT2D eigenvalue weighted by molar-refractivity contribution is 6.34. The predicted molar refractivity (Wildman–Crippen MR) is 114 cm³/mol. The summed E-state index contributed by atoms with van der Waals surface area (Å²) in [5, 5.41) is 2.94. The first-order valence-corrected chi connectivity index (χ1v) is 10.5. The van der Waals surface area contributed by atoms with E-state index in [9.17, 15) is 19.2 Å². The molecule has 0 bridgehead atoms. The van der Waals surface area contributed by atoms with E-state index in [0.717, 1.165) is 24.2 Å². The minimum absolute atomic E-state index is 0.124. The van der Waals surface area contributed by atoms with Gasteiger partial charge in [0, 0.05) is 6.04 Å². The van der Waals surface area contributed by atoms with E-state index < -0.39 is 17.8 Å². The molecule has 0 saturated heterocycles. The second-order valence-electron chi connectivity index (χ2n) is 8.05. The average molecular weight is 420 g/mol. The molecule has 1 saturated carbocycles. The fourth-order valence-electron chi connectivity index (χ4n) is 4.16. The predicted octanol–water partition coefficient (Wildman–Crippen LogP) is 3.34. The summed E-state index contributed by atoms with van der Waals surface area (Å²) in [7, 11) is 0. The molecule has 0 spiro atoms. The molecule has 7 heteroatoms. The first kappa shape index (κ1) is 20.8. The number of esters is 1. The smallest absolute Gasteiger partial charge is 0.338 e. The molecule has 2 aromatic carbocycles. The summed E-state index contributed by atoms with van der Waals surface area (Å²) in [6, 6.07) is 12.7. The summed E-state index contributed by atoms with van der Waals surface area (Å²) in [5.41, 5.74) is 1.31. The van der Waals surface area contributed by atoms with Crippen LogP contribution < -0.4 is 10.2 Å². The van der Waals surface area contributed by atoms with Gasteiger partial charge in [-0.25, -0.2) is 9.69 Å². The summed E-state index contributed by atoms with van der Waals surface area (Å²) >= 11 is 0. The molecule has 2 atom stereocenters. The van der Waals surface area contributed by atoms with Gasteiger partial charge in [-0.05, 0) is 55.2 Å². The number of anilines is 1. The molecule has 7 nitrogen and oxygen atoms in total. The maximum Gasteiger partial charge on any atom is 0.338 e. The fourth-order valence-corrected chi connectivity index (χ4v) is 4.16. The van der Waals surface area contributed by atoms with E-state index in [1.165, 1.54) is 30.7 Å². The fraction of sp³-hybridized carbons (Fsp3) is 0.333. The van der Waals surface area contributed by atoms with E-state index in [2.05, 4.69) is 12.2 Å². The molecule has 1 heterocycles. The third-order valence-electron chi connectivity index (χ3n) is 5.95. The normalized spacial score (nSPS) is 20.4. The van der Waals surface area contributed by atoms with Crippen molar-refractivity contribution in [2.75, 3.05) is 11.5 Å². The largest absolute Gasteiger partial charge is 0.452 e. The van der Waals surface area contributed by atoms with Gasteiger partial charge in [0.1, 0.15) is 0 Å². The van der Waals surface area contributed by atoms with Gasteiger partial charge in [0.15, 0.2) is 6.61 Å². The quantitative estimate of drug-likeness (QED) is 0.592. The van der Waals surface area contributed by atoms with Gasteiger partial charge in [-0.2, -0.15) is 0 Å². The molecular weight excluding hydrogens is 396 g/mol. The standard InChI is InChI=1S/C24H24N2O5/c1-15-6-2-5-9-20(15)25-21(27)14-31-24(30)16-10-12-17(13-11-16)26-22(28)18-7-3-4-8-19(18)23(26)29/h3-4,7-8,10-13,15,20H,2,5-6,9,14H2,1H3,(H,25,27)/t15-,20+/m1/s1. The first-order valence-electron chi connectivity index (χ1n) is 10.5. The number of hydrogen-bond donors (Lipinski definition) is 1. The molecule has 4 rings (SSSR count). The van der Waals surface area contributed by atoms with Crippen molar-refractivity contribution in [2.24, 2.45) is 5.92 Å². The number of nitrogens with zero attached hydrogens (tertiary/aromatic N) is 1. The van der Waals surface area contributed by atoms with Gasteiger partial charge in [-0.3, -0.25) is 14.4 Å². The first-order chi connectivity index (χ1) is 15.0. The molecule has 0 unspecified atom stereocenters. The monoisotopic (exact) mass is 420 g/mol. The van der Waals surface area contributed by atoms with E-state index in [0.29, 0.717) is 22.7 Å². The second-order valence-corrected chi connectivity index (χ2v) is 8.05. The summed E-state index contributed by atoms with van der Waals surface area (Å²) < 4.78 is 5.13. The van der Waals surface area contributed by atoms with Crippen LogP contribution >= 0.6 is 0 Å². The number of hydrogen-bond acceptors (Lipinski definition) is 5. The lowest BCUT2D eigenvalue weighted by Crippen LogP contribution is -2.42. The van der Waals surface area contributed by atoms with Crippen molar-refractivity contribution in [3.05, 3.63) is 65.2 Å². The van der Waals surface area contributed by atoms with Crippen LogP contribution in [0.1, 0.15) is 63.7 Å². The number of nitrogens with one attached hydrogen (secondary N) is 1. The maximum atomic E-state index is 12.6. The van der Waals surface area contributed by atoms with E-state index in [1.54, 1.807) is 24.3 Å². The topological polar surface area (TPSA) is 92.8 Å². The zero-order valence-electron chi connectivity index (χ0n) is 17.3. The Hall–Kier alpha value is -3.48.